The Hall–Kier alpha value is -1.84. The number of hydrogen-bond acceptors (Lipinski definition) is 4. The first-order chi connectivity index (χ1) is 14.7. The van der Waals surface area contributed by atoms with Crippen LogP contribution in [0.4, 0.5) is 5.69 Å². The molecule has 1 atom stereocenters. The molecule has 0 radical (unpaired) electrons. The Bertz CT molecular complexity index is 857. The van der Waals surface area contributed by atoms with Crippen LogP contribution in [0.2, 0.25) is 0 Å². The van der Waals surface area contributed by atoms with Gasteiger partial charge in [0.2, 0.25) is 0 Å². The van der Waals surface area contributed by atoms with Crippen LogP contribution < -0.4 is 15.5 Å². The zero-order chi connectivity index (χ0) is 20.8. The molecule has 4 rings (SSSR count). The highest BCUT2D eigenvalue weighted by molar-refractivity contribution is 14.0. The molecule has 2 aromatic rings. The lowest BCUT2D eigenvalue weighted by atomic mass is 10.1. The number of nitrogens with one attached hydrogen (secondary N) is 2. The Morgan fingerprint density at radius 3 is 2.71 bits per heavy atom. The number of guanidine groups is 1. The van der Waals surface area contributed by atoms with E-state index in [4.69, 9.17) is 4.99 Å². The number of benzene rings is 1. The summed E-state index contributed by atoms with van der Waals surface area (Å²) in [6.45, 7) is 9.00. The largest absolute Gasteiger partial charge is 0.372 e. The summed E-state index contributed by atoms with van der Waals surface area (Å²) in [5.74, 6) is 2.90. The average Bonchev–Trinajstić information content (AvgIpc) is 3.37. The van der Waals surface area contributed by atoms with E-state index in [1.54, 1.807) is 0 Å². The van der Waals surface area contributed by atoms with E-state index in [9.17, 15) is 0 Å². The van der Waals surface area contributed by atoms with Crippen LogP contribution in [0.3, 0.4) is 0 Å². The second-order valence-electron chi connectivity index (χ2n) is 8.35. The molecule has 0 saturated carbocycles. The van der Waals surface area contributed by atoms with Gasteiger partial charge < -0.3 is 20.1 Å². The first-order valence-corrected chi connectivity index (χ1v) is 11.6. The summed E-state index contributed by atoms with van der Waals surface area (Å²) in [5.41, 5.74) is 2.60. The molecule has 8 heteroatoms. The molecule has 2 aliphatic rings. The number of fused-ring (bicyclic) bond motifs is 1. The van der Waals surface area contributed by atoms with Gasteiger partial charge in [-0.3, -0.25) is 0 Å². The Labute approximate surface area is 203 Å². The lowest BCUT2D eigenvalue weighted by molar-refractivity contribution is 0.604. The maximum absolute atomic E-state index is 4.82. The molecular weight excluding hydrogens is 501 g/mol. The van der Waals surface area contributed by atoms with Crippen molar-refractivity contribution in [3.63, 3.8) is 0 Å². The monoisotopic (exact) mass is 537 g/mol. The van der Waals surface area contributed by atoms with Gasteiger partial charge in [0.1, 0.15) is 12.4 Å². The van der Waals surface area contributed by atoms with Crippen molar-refractivity contribution in [1.82, 2.24) is 25.4 Å². The molecule has 7 nitrogen and oxygen atoms in total. The Balaban J connectivity index is 0.00000272. The number of aliphatic imine (C=N–C) groups is 1. The van der Waals surface area contributed by atoms with Crippen LogP contribution in [0.25, 0.3) is 0 Å². The summed E-state index contributed by atoms with van der Waals surface area (Å²) in [6, 6.07) is 9.06. The molecule has 3 heterocycles. The maximum atomic E-state index is 4.82. The topological polar surface area (TPSA) is 70.4 Å². The van der Waals surface area contributed by atoms with Crippen LogP contribution in [0.5, 0.6) is 0 Å². The van der Waals surface area contributed by atoms with Gasteiger partial charge >= 0.3 is 0 Å². The highest BCUT2D eigenvalue weighted by Crippen LogP contribution is 2.24. The van der Waals surface area contributed by atoms with E-state index in [2.05, 4.69) is 68.4 Å². The number of anilines is 1. The van der Waals surface area contributed by atoms with Crippen molar-refractivity contribution in [1.29, 1.82) is 0 Å². The van der Waals surface area contributed by atoms with Crippen molar-refractivity contribution < 1.29 is 0 Å². The first kappa shape index (κ1) is 23.8. The van der Waals surface area contributed by atoms with Crippen LogP contribution in [0.15, 0.2) is 29.3 Å². The van der Waals surface area contributed by atoms with Crippen molar-refractivity contribution in [3.8, 4) is 0 Å². The van der Waals surface area contributed by atoms with E-state index in [0.717, 1.165) is 50.2 Å². The van der Waals surface area contributed by atoms with Crippen LogP contribution in [-0.4, -0.2) is 40.4 Å². The maximum Gasteiger partial charge on any atom is 0.192 e. The summed E-state index contributed by atoms with van der Waals surface area (Å²) >= 11 is 0. The predicted octanol–water partition coefficient (Wildman–Crippen LogP) is 4.04. The van der Waals surface area contributed by atoms with Gasteiger partial charge in [-0.05, 0) is 57.2 Å². The third kappa shape index (κ3) is 6.11. The lowest BCUT2D eigenvalue weighted by Gasteiger charge is -2.22. The van der Waals surface area contributed by atoms with Crippen molar-refractivity contribution in [2.75, 3.05) is 24.5 Å². The highest BCUT2D eigenvalue weighted by Gasteiger charge is 2.16. The van der Waals surface area contributed by atoms with Gasteiger partial charge in [-0.2, -0.15) is 0 Å². The van der Waals surface area contributed by atoms with Gasteiger partial charge in [0.15, 0.2) is 11.8 Å². The fourth-order valence-corrected chi connectivity index (χ4v) is 4.39. The Morgan fingerprint density at radius 2 is 1.90 bits per heavy atom. The zero-order valence-corrected chi connectivity index (χ0v) is 21.1. The second-order valence-corrected chi connectivity index (χ2v) is 8.35. The summed E-state index contributed by atoms with van der Waals surface area (Å²) in [6.07, 6.45) is 7.29. The molecule has 0 spiro atoms. The summed E-state index contributed by atoms with van der Waals surface area (Å²) in [5, 5.41) is 15.8. The van der Waals surface area contributed by atoms with Crippen LogP contribution in [0.1, 0.15) is 69.2 Å². The van der Waals surface area contributed by atoms with Gasteiger partial charge in [-0.25, -0.2) is 4.99 Å². The van der Waals surface area contributed by atoms with Crippen molar-refractivity contribution >= 4 is 35.6 Å². The number of aryl methyl sites for hydroxylation is 1. The Morgan fingerprint density at radius 1 is 1.10 bits per heavy atom. The summed E-state index contributed by atoms with van der Waals surface area (Å²) < 4.78 is 2.27. The number of halogens is 1. The molecule has 1 aromatic heterocycles. The van der Waals surface area contributed by atoms with E-state index >= 15 is 0 Å². The summed E-state index contributed by atoms with van der Waals surface area (Å²) in [7, 11) is 0. The summed E-state index contributed by atoms with van der Waals surface area (Å²) in [4.78, 5) is 7.30. The van der Waals surface area contributed by atoms with Crippen molar-refractivity contribution in [2.45, 2.75) is 71.5 Å². The molecular formula is C23H36IN7. The molecule has 0 amide bonds. The Kier molecular flexibility index (Phi) is 8.98. The molecule has 1 saturated heterocycles. The third-order valence-corrected chi connectivity index (χ3v) is 6.10. The van der Waals surface area contributed by atoms with E-state index in [1.807, 2.05) is 0 Å². The molecule has 1 unspecified atom stereocenters. The van der Waals surface area contributed by atoms with Crippen LogP contribution >= 0.6 is 24.0 Å². The van der Waals surface area contributed by atoms with Gasteiger partial charge in [-0.15, -0.1) is 34.2 Å². The highest BCUT2D eigenvalue weighted by atomic mass is 127. The average molecular weight is 537 g/mol. The minimum Gasteiger partial charge on any atom is -0.372 e. The van der Waals surface area contributed by atoms with Gasteiger partial charge in [0.05, 0.1) is 6.04 Å². The number of rotatable bonds is 6. The van der Waals surface area contributed by atoms with Crippen molar-refractivity contribution in [2.24, 2.45) is 4.99 Å². The SMILES string of the molecule is CCNC(=NCc1nnc2n1CCCCC2)NC(C)c1cccc(N2CCCC2)c1.I. The molecule has 31 heavy (non-hydrogen) atoms. The van der Waals surface area contributed by atoms with Gasteiger partial charge in [0, 0.05) is 38.3 Å². The van der Waals surface area contributed by atoms with Crippen molar-refractivity contribution in [3.05, 3.63) is 41.5 Å². The van der Waals surface area contributed by atoms with Crippen LogP contribution in [-0.2, 0) is 19.5 Å². The molecule has 1 fully saturated rings. The van der Waals surface area contributed by atoms with Gasteiger partial charge in [-0.1, -0.05) is 18.6 Å². The van der Waals surface area contributed by atoms with Crippen LogP contribution in [0, 0.1) is 0 Å². The molecule has 2 aliphatic heterocycles. The molecule has 0 aliphatic carbocycles. The number of nitrogens with zero attached hydrogens (tertiary/aromatic N) is 5. The second kappa shape index (κ2) is 11.7. The standard InChI is InChI=1S/C23H35N7.HI/c1-3-24-23(25-17-22-28-27-21-12-5-4-6-15-30(21)22)26-18(2)19-10-9-11-20(16-19)29-13-7-8-14-29;/h9-11,16,18H,3-8,12-15,17H2,1-2H3,(H2,24,25,26);1H. The lowest BCUT2D eigenvalue weighted by Crippen LogP contribution is -2.38. The fraction of sp³-hybridized carbons (Fsp3) is 0.609. The fourth-order valence-electron chi connectivity index (χ4n) is 4.39. The molecule has 2 N–H and O–H groups in total. The van der Waals surface area contributed by atoms with E-state index in [-0.39, 0.29) is 30.0 Å². The predicted molar refractivity (Wildman–Crippen MR) is 137 cm³/mol. The number of hydrogen-bond donors (Lipinski definition) is 2. The van der Waals surface area contributed by atoms with E-state index in [1.165, 1.54) is 43.4 Å². The zero-order valence-electron chi connectivity index (χ0n) is 18.8. The van der Waals surface area contributed by atoms with Gasteiger partial charge in [0.25, 0.3) is 0 Å². The molecule has 1 aromatic carbocycles. The molecule has 0 bridgehead atoms. The van der Waals surface area contributed by atoms with E-state index < -0.39 is 0 Å². The third-order valence-electron chi connectivity index (χ3n) is 6.10. The molecule has 170 valence electrons. The van der Waals surface area contributed by atoms with E-state index in [0.29, 0.717) is 6.54 Å². The normalized spacial score (nSPS) is 17.5. The first-order valence-electron chi connectivity index (χ1n) is 11.6. The number of aromatic nitrogens is 3. The quantitative estimate of drug-likeness (QED) is 0.331. The smallest absolute Gasteiger partial charge is 0.192 e. The minimum absolute atomic E-state index is 0. The minimum atomic E-state index is 0.